The van der Waals surface area contributed by atoms with E-state index >= 15 is 0 Å². The molecule has 0 bridgehead atoms. The smallest absolute Gasteiger partial charge is 0.194 e. The van der Waals surface area contributed by atoms with Gasteiger partial charge in [0.2, 0.25) is 0 Å². The first kappa shape index (κ1) is 24.2. The van der Waals surface area contributed by atoms with E-state index in [4.69, 9.17) is 0 Å². The number of hydrogen-bond acceptors (Lipinski definition) is 0. The molecule has 0 saturated heterocycles. The van der Waals surface area contributed by atoms with Crippen molar-refractivity contribution in [3.63, 3.8) is 0 Å². The molecule has 0 aromatic heterocycles. The zero-order valence-corrected chi connectivity index (χ0v) is 21.7. The molecule has 192 valence electrons. The maximum absolute atomic E-state index is 14.2. The lowest BCUT2D eigenvalue weighted by Crippen LogP contribution is -1.94. The summed E-state index contributed by atoms with van der Waals surface area (Å²) in [5.41, 5.74) is 6.35. The summed E-state index contributed by atoms with van der Waals surface area (Å²) in [6.45, 7) is 2.05. The Morgan fingerprint density at radius 2 is 1.00 bits per heavy atom. The number of aryl methyl sites for hydroxylation is 1. The monoisotopic (exact) mass is 524 g/mol. The fraction of sp³-hybridized carbons (Fsp3) is 0.0270. The summed E-state index contributed by atoms with van der Waals surface area (Å²) in [6, 6.07) is 39.4. The molecule has 0 aliphatic rings. The second kappa shape index (κ2) is 9.39. The molecule has 0 nitrogen and oxygen atoms in total. The summed E-state index contributed by atoms with van der Waals surface area (Å²) in [4.78, 5) is 0. The molecule has 0 unspecified atom stereocenters. The van der Waals surface area contributed by atoms with Crippen LogP contribution in [0.2, 0.25) is 0 Å². The quantitative estimate of drug-likeness (QED) is 0.159. The van der Waals surface area contributed by atoms with Gasteiger partial charge in [-0.15, -0.1) is 0 Å². The van der Waals surface area contributed by atoms with Gasteiger partial charge >= 0.3 is 0 Å². The van der Waals surface area contributed by atoms with E-state index in [2.05, 4.69) is 79.7 Å². The van der Waals surface area contributed by atoms with Crippen LogP contribution in [0.5, 0.6) is 0 Å². The van der Waals surface area contributed by atoms with Gasteiger partial charge < -0.3 is 0 Å². The molecule has 0 saturated carbocycles. The van der Waals surface area contributed by atoms with Crippen molar-refractivity contribution < 1.29 is 13.2 Å². The number of rotatable bonds is 3. The lowest BCUT2D eigenvalue weighted by atomic mass is 9.83. The Hall–Kier alpha value is -4.89. The Bertz CT molecular complexity index is 2060. The van der Waals surface area contributed by atoms with Crippen molar-refractivity contribution in [2.45, 2.75) is 6.92 Å². The fourth-order valence-electron chi connectivity index (χ4n) is 5.84. The highest BCUT2D eigenvalue weighted by Crippen LogP contribution is 2.46. The normalized spacial score (nSPS) is 11.5. The standard InChI is InChI=1S/C37H23F3/c1-22-13-15-24(16-14-22)35-29-10-4-5-11-30(29)36(28-12-6-8-23-7-2-3-9-27(23)28)31-18-17-25(19-32(31)35)26-20-33(38)37(40)34(39)21-26/h2-21H,1H3. The first-order chi connectivity index (χ1) is 19.5. The van der Waals surface area contributed by atoms with Crippen molar-refractivity contribution >= 4 is 32.3 Å². The molecule has 40 heavy (non-hydrogen) atoms. The molecule has 0 aliphatic heterocycles. The van der Waals surface area contributed by atoms with Crippen molar-refractivity contribution in [1.29, 1.82) is 0 Å². The van der Waals surface area contributed by atoms with Crippen LogP contribution in [0, 0.1) is 24.4 Å². The molecule has 0 amide bonds. The molecule has 7 aromatic rings. The van der Waals surface area contributed by atoms with Crippen molar-refractivity contribution in [3.8, 4) is 33.4 Å². The van der Waals surface area contributed by atoms with Gasteiger partial charge in [0.25, 0.3) is 0 Å². The second-order valence-electron chi connectivity index (χ2n) is 10.2. The summed E-state index contributed by atoms with van der Waals surface area (Å²) >= 11 is 0. The zero-order valence-electron chi connectivity index (χ0n) is 21.7. The van der Waals surface area contributed by atoms with Crippen molar-refractivity contribution in [2.24, 2.45) is 0 Å². The predicted octanol–water partition coefficient (Wildman–Crippen LogP) is 10.9. The second-order valence-corrected chi connectivity index (χ2v) is 10.2. The Morgan fingerprint density at radius 1 is 0.425 bits per heavy atom. The van der Waals surface area contributed by atoms with Gasteiger partial charge in [-0.3, -0.25) is 0 Å². The molecule has 7 aromatic carbocycles. The number of fused-ring (bicyclic) bond motifs is 3. The number of benzene rings is 7. The van der Waals surface area contributed by atoms with E-state index in [1.165, 1.54) is 0 Å². The summed E-state index contributed by atoms with van der Waals surface area (Å²) in [6.07, 6.45) is 0. The minimum Gasteiger partial charge on any atom is -0.204 e. The van der Waals surface area contributed by atoms with Gasteiger partial charge in [0, 0.05) is 0 Å². The van der Waals surface area contributed by atoms with Crippen molar-refractivity contribution in [3.05, 3.63) is 144 Å². The molecular weight excluding hydrogens is 501 g/mol. The van der Waals surface area contributed by atoms with Crippen LogP contribution in [0.15, 0.2) is 121 Å². The number of hydrogen-bond donors (Lipinski definition) is 0. The van der Waals surface area contributed by atoms with Crippen LogP contribution >= 0.6 is 0 Å². The van der Waals surface area contributed by atoms with E-state index in [1.54, 1.807) is 0 Å². The molecule has 0 aliphatic carbocycles. The largest absolute Gasteiger partial charge is 0.204 e. The maximum Gasteiger partial charge on any atom is 0.194 e. The highest BCUT2D eigenvalue weighted by atomic mass is 19.2. The molecule has 0 radical (unpaired) electrons. The lowest BCUT2D eigenvalue weighted by Gasteiger charge is -2.20. The van der Waals surface area contributed by atoms with Gasteiger partial charge in [-0.05, 0) is 90.8 Å². The average molecular weight is 525 g/mol. The van der Waals surface area contributed by atoms with Crippen LogP contribution < -0.4 is 0 Å². The SMILES string of the molecule is Cc1ccc(-c2c3ccccc3c(-c3cccc4ccccc34)c3ccc(-c4cc(F)c(F)c(F)c4)cc23)cc1. The maximum atomic E-state index is 14.2. The molecule has 7 rings (SSSR count). The fourth-order valence-corrected chi connectivity index (χ4v) is 5.84. The van der Waals surface area contributed by atoms with Gasteiger partial charge in [-0.25, -0.2) is 13.2 Å². The first-order valence-corrected chi connectivity index (χ1v) is 13.2. The molecule has 0 N–H and O–H groups in total. The van der Waals surface area contributed by atoms with Crippen LogP contribution in [0.4, 0.5) is 13.2 Å². The van der Waals surface area contributed by atoms with E-state index in [1.807, 2.05) is 36.4 Å². The highest BCUT2D eigenvalue weighted by molar-refractivity contribution is 6.24. The summed E-state index contributed by atoms with van der Waals surface area (Å²) in [5.74, 6) is -3.87. The van der Waals surface area contributed by atoms with Gasteiger partial charge in [0.1, 0.15) is 0 Å². The summed E-state index contributed by atoms with van der Waals surface area (Å²) in [7, 11) is 0. The molecule has 0 fully saturated rings. The highest BCUT2D eigenvalue weighted by Gasteiger charge is 2.19. The Balaban J connectivity index is 1.65. The van der Waals surface area contributed by atoms with E-state index in [9.17, 15) is 13.2 Å². The van der Waals surface area contributed by atoms with E-state index in [0.717, 1.165) is 72.3 Å². The molecular formula is C37H23F3. The first-order valence-electron chi connectivity index (χ1n) is 13.2. The average Bonchev–Trinajstić information content (AvgIpc) is 2.98. The Kier molecular flexibility index (Phi) is 5.67. The Morgan fingerprint density at radius 3 is 1.73 bits per heavy atom. The van der Waals surface area contributed by atoms with Crippen molar-refractivity contribution in [2.75, 3.05) is 0 Å². The minimum absolute atomic E-state index is 0.285. The van der Waals surface area contributed by atoms with Crippen LogP contribution in [-0.2, 0) is 0 Å². The van der Waals surface area contributed by atoms with Crippen LogP contribution in [0.25, 0.3) is 65.7 Å². The minimum atomic E-state index is -1.46. The molecule has 0 spiro atoms. The Labute approximate surface area is 230 Å². The van der Waals surface area contributed by atoms with E-state index in [-0.39, 0.29) is 5.56 Å². The van der Waals surface area contributed by atoms with E-state index < -0.39 is 17.5 Å². The predicted molar refractivity (Wildman–Crippen MR) is 160 cm³/mol. The molecule has 0 heterocycles. The third-order valence-electron chi connectivity index (χ3n) is 7.74. The van der Waals surface area contributed by atoms with E-state index in [0.29, 0.717) is 5.56 Å². The van der Waals surface area contributed by atoms with Gasteiger partial charge in [-0.2, -0.15) is 0 Å². The number of halogens is 3. The van der Waals surface area contributed by atoms with Crippen LogP contribution in [0.3, 0.4) is 0 Å². The van der Waals surface area contributed by atoms with Gasteiger partial charge in [0.05, 0.1) is 0 Å². The van der Waals surface area contributed by atoms with Crippen LogP contribution in [-0.4, -0.2) is 0 Å². The third-order valence-corrected chi connectivity index (χ3v) is 7.74. The van der Waals surface area contributed by atoms with Crippen molar-refractivity contribution in [1.82, 2.24) is 0 Å². The van der Waals surface area contributed by atoms with Crippen LogP contribution in [0.1, 0.15) is 5.56 Å². The topological polar surface area (TPSA) is 0 Å². The lowest BCUT2D eigenvalue weighted by molar-refractivity contribution is 0.448. The third kappa shape index (κ3) is 3.85. The zero-order chi connectivity index (χ0) is 27.4. The van der Waals surface area contributed by atoms with Gasteiger partial charge in [0.15, 0.2) is 17.5 Å². The van der Waals surface area contributed by atoms with Gasteiger partial charge in [-0.1, -0.05) is 109 Å². The molecule has 0 atom stereocenters. The summed E-state index contributed by atoms with van der Waals surface area (Å²) < 4.78 is 42.3. The molecule has 3 heteroatoms. The summed E-state index contributed by atoms with van der Waals surface area (Å²) in [5, 5.41) is 6.47.